The normalized spacial score (nSPS) is 42.0. The van der Waals surface area contributed by atoms with Crippen molar-refractivity contribution < 1.29 is 25.8 Å². The van der Waals surface area contributed by atoms with E-state index in [1.165, 1.54) is 19.3 Å². The van der Waals surface area contributed by atoms with Crippen LogP contribution in [0.1, 0.15) is 107 Å². The van der Waals surface area contributed by atoms with Gasteiger partial charge in [0.05, 0.1) is 0 Å². The molecule has 0 N–H and O–H groups in total. The van der Waals surface area contributed by atoms with Crippen LogP contribution in [-0.4, -0.2) is 0 Å². The minimum absolute atomic E-state index is 0. The predicted octanol–water partition coefficient (Wildman–Crippen LogP) is 10.3. The quantitative estimate of drug-likeness (QED) is 0.189. The number of fused-ring (bicyclic) bond motifs is 3. The number of hydrogen-bond donors (Lipinski definition) is 0. The molecule has 190 valence electrons. The first kappa shape index (κ1) is 37.4. The Labute approximate surface area is 226 Å². The van der Waals surface area contributed by atoms with Crippen molar-refractivity contribution in [3.63, 3.8) is 0 Å². The second kappa shape index (κ2) is 15.1. The third kappa shape index (κ3) is 7.68. The van der Waals surface area contributed by atoms with Crippen LogP contribution in [0, 0.1) is 94.3 Å². The molecule has 32 heavy (non-hydrogen) atoms. The van der Waals surface area contributed by atoms with E-state index in [1.54, 1.807) is 32.1 Å². The van der Waals surface area contributed by atoms with Gasteiger partial charge in [0, 0.05) is 0 Å². The smallest absolute Gasteiger partial charge is 0.358 e. The van der Waals surface area contributed by atoms with Crippen molar-refractivity contribution >= 4 is 0 Å². The minimum Gasteiger partial charge on any atom is -0.358 e. The molecule has 0 aromatic rings. The van der Waals surface area contributed by atoms with Crippen LogP contribution in [-0.2, 0) is 25.8 Å². The molecule has 0 nitrogen and oxygen atoms in total. The summed E-state index contributed by atoms with van der Waals surface area (Å²) in [6, 6.07) is 0. The zero-order valence-electron chi connectivity index (χ0n) is 24.4. The Hall–Kier alpha value is 0.870. The second-order valence-corrected chi connectivity index (χ2v) is 12.5. The van der Waals surface area contributed by atoms with E-state index in [0.29, 0.717) is 5.41 Å². The van der Waals surface area contributed by atoms with Gasteiger partial charge in [0.1, 0.15) is 0 Å². The van der Waals surface area contributed by atoms with Crippen LogP contribution < -0.4 is 0 Å². The van der Waals surface area contributed by atoms with E-state index in [2.05, 4.69) is 55.4 Å². The van der Waals surface area contributed by atoms with Crippen LogP contribution in [0.15, 0.2) is 0 Å². The summed E-state index contributed by atoms with van der Waals surface area (Å²) in [5.74, 6) is 10.2. The zero-order chi connectivity index (χ0) is 19.9. The molecule has 0 radical (unpaired) electrons. The van der Waals surface area contributed by atoms with Gasteiger partial charge in [0.25, 0.3) is 0 Å². The molecule has 4 aliphatic rings. The Morgan fingerprint density at radius 2 is 0.875 bits per heavy atom. The summed E-state index contributed by atoms with van der Waals surface area (Å²) in [5, 5.41) is 0. The van der Waals surface area contributed by atoms with Gasteiger partial charge in [-0.2, -0.15) is 0 Å². The van der Waals surface area contributed by atoms with E-state index in [1.807, 2.05) is 0 Å². The number of hydrogen-bond acceptors (Lipinski definition) is 0. The molecule has 5 unspecified atom stereocenters. The summed E-state index contributed by atoms with van der Waals surface area (Å²) in [7, 11) is 0. The van der Waals surface area contributed by atoms with Crippen LogP contribution in [0.25, 0.3) is 0 Å². The molecule has 4 rings (SSSR count). The van der Waals surface area contributed by atoms with Crippen molar-refractivity contribution in [1.82, 2.24) is 0 Å². The van der Waals surface area contributed by atoms with E-state index in [0.717, 1.165) is 59.2 Å². The maximum absolute atomic E-state index is 2.49. The number of rotatable bonds is 0. The van der Waals surface area contributed by atoms with Crippen LogP contribution in [0.5, 0.6) is 0 Å². The molecule has 0 spiro atoms. The maximum atomic E-state index is 2.49. The molecule has 0 saturated heterocycles. The molecule has 4 fully saturated rings. The van der Waals surface area contributed by atoms with Gasteiger partial charge in [-0.25, -0.2) is 0 Å². The van der Waals surface area contributed by atoms with E-state index < -0.39 is 0 Å². The molecule has 0 heterocycles. The Kier molecular flexibility index (Phi) is 17.6. The van der Waals surface area contributed by atoms with E-state index in [9.17, 15) is 0 Å². The minimum atomic E-state index is 0. The predicted molar refractivity (Wildman–Crippen MR) is 145 cm³/mol. The van der Waals surface area contributed by atoms with Crippen molar-refractivity contribution in [3.8, 4) is 0 Å². The van der Waals surface area contributed by atoms with Gasteiger partial charge in [-0.05, 0) is 96.7 Å². The fourth-order valence-corrected chi connectivity index (χ4v) is 8.03. The molecule has 5 atom stereocenters. The standard InChI is InChI=1S/C17H30.C10H20.4CH3.Hf/c1-17(2,3)15-11-10-13-9-8-12-6-4-5-7-14(12)16(13)15;1-6-7(2)9(4)10(5)8(6)3;;;;;/h12-16H,4-11H2,1-3H3;6-10H,1-5H3;4*1H3;/q;;4*-1;+4. The van der Waals surface area contributed by atoms with Gasteiger partial charge in [0.2, 0.25) is 0 Å². The summed E-state index contributed by atoms with van der Waals surface area (Å²) in [6.07, 6.45) is 12.4. The van der Waals surface area contributed by atoms with Gasteiger partial charge in [0.15, 0.2) is 0 Å². The fourth-order valence-electron chi connectivity index (χ4n) is 8.03. The Bertz CT molecular complexity index is 433. The molecule has 4 saturated carbocycles. The van der Waals surface area contributed by atoms with Crippen molar-refractivity contribution in [2.45, 2.75) is 107 Å². The largest absolute Gasteiger partial charge is 4.00 e. The van der Waals surface area contributed by atoms with Crippen LogP contribution in [0.4, 0.5) is 0 Å². The summed E-state index contributed by atoms with van der Waals surface area (Å²) in [5.41, 5.74) is 0.554. The third-order valence-electron chi connectivity index (χ3n) is 10.5. The van der Waals surface area contributed by atoms with E-state index in [4.69, 9.17) is 0 Å². The first-order valence-electron chi connectivity index (χ1n) is 12.6. The Morgan fingerprint density at radius 3 is 1.31 bits per heavy atom. The monoisotopic (exact) mass is 614 g/mol. The average Bonchev–Trinajstić information content (AvgIpc) is 3.16. The van der Waals surface area contributed by atoms with E-state index in [-0.39, 0.29) is 55.5 Å². The summed E-state index contributed by atoms with van der Waals surface area (Å²) in [4.78, 5) is 0. The van der Waals surface area contributed by atoms with Crippen molar-refractivity contribution in [1.29, 1.82) is 0 Å². The van der Waals surface area contributed by atoms with Gasteiger partial charge >= 0.3 is 25.8 Å². The van der Waals surface area contributed by atoms with Gasteiger partial charge in [-0.3, -0.25) is 0 Å². The molecule has 1 heteroatoms. The van der Waals surface area contributed by atoms with Crippen molar-refractivity contribution in [3.05, 3.63) is 29.7 Å². The van der Waals surface area contributed by atoms with Crippen LogP contribution in [0.2, 0.25) is 0 Å². The van der Waals surface area contributed by atoms with Gasteiger partial charge in [-0.1, -0.05) is 74.7 Å². The van der Waals surface area contributed by atoms with Crippen LogP contribution in [0.3, 0.4) is 0 Å². The van der Waals surface area contributed by atoms with Crippen molar-refractivity contribution in [2.24, 2.45) is 64.6 Å². The zero-order valence-corrected chi connectivity index (χ0v) is 28.0. The molecule has 0 aliphatic heterocycles. The maximum Gasteiger partial charge on any atom is 4.00 e. The summed E-state index contributed by atoms with van der Waals surface area (Å²) >= 11 is 0. The molecule has 0 bridgehead atoms. The first-order chi connectivity index (χ1) is 12.6. The fraction of sp³-hybridized carbons (Fsp3) is 0.871. The van der Waals surface area contributed by atoms with E-state index >= 15 is 0 Å². The molecule has 4 aliphatic carbocycles. The molecular weight excluding hydrogens is 551 g/mol. The molecular formula is C31H62Hf. The molecule has 0 aromatic carbocycles. The average molecular weight is 613 g/mol. The van der Waals surface area contributed by atoms with Gasteiger partial charge < -0.3 is 29.7 Å². The Balaban J connectivity index is -0.000000499. The van der Waals surface area contributed by atoms with Gasteiger partial charge in [-0.15, -0.1) is 0 Å². The SMILES string of the molecule is CC(C)(C)C1CCC2CCC3CCCCC3C21.CC1C(C)C(C)C(C)C1C.[CH3-].[CH3-].[CH3-].[CH3-].[Hf+4]. The second-order valence-electron chi connectivity index (χ2n) is 12.5. The first-order valence-corrected chi connectivity index (χ1v) is 12.6. The third-order valence-corrected chi connectivity index (χ3v) is 10.5. The molecule has 0 aromatic heterocycles. The van der Waals surface area contributed by atoms with Crippen LogP contribution >= 0.6 is 0 Å². The Morgan fingerprint density at radius 1 is 0.500 bits per heavy atom. The van der Waals surface area contributed by atoms with Crippen molar-refractivity contribution in [2.75, 3.05) is 0 Å². The topological polar surface area (TPSA) is 0 Å². The summed E-state index contributed by atoms with van der Waals surface area (Å²) < 4.78 is 0. The molecule has 0 amide bonds. The summed E-state index contributed by atoms with van der Waals surface area (Å²) in [6.45, 7) is 19.5.